The minimum atomic E-state index is -4.49. The van der Waals surface area contributed by atoms with Crippen LogP contribution in [0.4, 0.5) is 24.5 Å². The molecule has 300 valence electrons. The van der Waals surface area contributed by atoms with Gasteiger partial charge in [0.1, 0.15) is 0 Å². The van der Waals surface area contributed by atoms with Crippen LogP contribution in [-0.4, -0.2) is 91.5 Å². The van der Waals surface area contributed by atoms with Gasteiger partial charge in [-0.25, -0.2) is 0 Å². The Morgan fingerprint density at radius 3 is 2.42 bits per heavy atom. The fraction of sp³-hybridized carbons (Fsp3) is 0.409. The molecule has 13 heteroatoms. The summed E-state index contributed by atoms with van der Waals surface area (Å²) in [6.45, 7) is 5.12. The van der Waals surface area contributed by atoms with Crippen molar-refractivity contribution in [3.63, 3.8) is 0 Å². The van der Waals surface area contributed by atoms with E-state index in [1.165, 1.54) is 44.0 Å². The number of carbonyl (C=O) groups is 3. The fourth-order valence-electron chi connectivity index (χ4n) is 8.26. The zero-order valence-electron chi connectivity index (χ0n) is 32.2. The second kappa shape index (κ2) is 17.9. The number of hydrogen-bond acceptors (Lipinski definition) is 7. The van der Waals surface area contributed by atoms with Gasteiger partial charge in [0.15, 0.2) is 0 Å². The molecular weight excluding hydrogens is 734 g/mol. The van der Waals surface area contributed by atoms with Crippen molar-refractivity contribution < 1.29 is 32.3 Å². The van der Waals surface area contributed by atoms with E-state index in [0.29, 0.717) is 65.4 Å². The number of aromatic nitrogens is 1. The second-order valence-electron chi connectivity index (χ2n) is 15.2. The Labute approximate surface area is 331 Å². The van der Waals surface area contributed by atoms with E-state index in [-0.39, 0.29) is 18.0 Å². The molecule has 1 saturated carbocycles. The van der Waals surface area contributed by atoms with Crippen LogP contribution in [0.3, 0.4) is 0 Å². The number of carbonyl (C=O) groups excluding carboxylic acids is 3. The van der Waals surface area contributed by atoms with Crippen LogP contribution in [0, 0.1) is 5.92 Å². The van der Waals surface area contributed by atoms with Crippen molar-refractivity contribution in [3.05, 3.63) is 113 Å². The molecule has 3 fully saturated rings. The van der Waals surface area contributed by atoms with Gasteiger partial charge in [0, 0.05) is 86.5 Å². The highest BCUT2D eigenvalue weighted by Crippen LogP contribution is 2.40. The van der Waals surface area contributed by atoms with E-state index in [2.05, 4.69) is 25.4 Å². The summed E-state index contributed by atoms with van der Waals surface area (Å²) in [5, 5.41) is 5.79. The van der Waals surface area contributed by atoms with Crippen LogP contribution in [0.15, 0.2) is 85.1 Å². The van der Waals surface area contributed by atoms with Crippen molar-refractivity contribution >= 4 is 29.1 Å². The number of nitrogens with one attached hydrogen (secondary N) is 2. The molecule has 2 N–H and O–H groups in total. The number of likely N-dealkylation sites (N-methyl/N-ethyl adjacent to an activating group) is 1. The highest BCUT2D eigenvalue weighted by atomic mass is 19.4. The summed E-state index contributed by atoms with van der Waals surface area (Å²) in [5.41, 5.74) is 3.07. The van der Waals surface area contributed by atoms with E-state index >= 15 is 0 Å². The standard InChI is InChI=1S/C44H49F3N6O4/c1-51(19-20-52-21-23-57-24-22-52)43(56)34-10-5-9-32(26-34)42(55)50-38-15-14-36(53-18-6-11-31-8-2-3-13-40(31)53)28-37(38)39-27-33(16-17-48-39)41(54)49-29-30-7-4-12-35(25-30)44(45,46)47/h4-5,7,9-10,12,14-17,25-28,31,40H,2-3,6,8,11,13,18-24,29H2,1H3,(H,49,54)(H,50,55)/t31-,40+/m1/s1. The van der Waals surface area contributed by atoms with Crippen molar-refractivity contribution in [1.29, 1.82) is 0 Å². The number of amides is 3. The quantitative estimate of drug-likeness (QED) is 0.162. The predicted molar refractivity (Wildman–Crippen MR) is 213 cm³/mol. The first-order valence-electron chi connectivity index (χ1n) is 19.8. The summed E-state index contributed by atoms with van der Waals surface area (Å²) in [6, 6.07) is 21.0. The highest BCUT2D eigenvalue weighted by molar-refractivity contribution is 6.08. The third kappa shape index (κ3) is 9.82. The van der Waals surface area contributed by atoms with Crippen molar-refractivity contribution in [2.24, 2.45) is 5.92 Å². The zero-order valence-corrected chi connectivity index (χ0v) is 32.2. The molecular formula is C44H49F3N6O4. The first-order valence-corrected chi connectivity index (χ1v) is 19.8. The number of hydrogen-bond donors (Lipinski definition) is 2. The monoisotopic (exact) mass is 782 g/mol. The van der Waals surface area contributed by atoms with Gasteiger partial charge in [-0.2, -0.15) is 13.2 Å². The van der Waals surface area contributed by atoms with Crippen LogP contribution >= 0.6 is 0 Å². The van der Waals surface area contributed by atoms with E-state index < -0.39 is 23.6 Å². The van der Waals surface area contributed by atoms with Crippen LogP contribution in [0.2, 0.25) is 0 Å². The Kier molecular flexibility index (Phi) is 12.5. The number of ether oxygens (including phenoxy) is 1. The summed E-state index contributed by atoms with van der Waals surface area (Å²) in [4.78, 5) is 51.7. The van der Waals surface area contributed by atoms with Gasteiger partial charge < -0.3 is 25.2 Å². The second-order valence-corrected chi connectivity index (χ2v) is 15.2. The molecule has 0 unspecified atom stereocenters. The van der Waals surface area contributed by atoms with Crippen LogP contribution in [-0.2, 0) is 17.5 Å². The van der Waals surface area contributed by atoms with Crippen LogP contribution in [0.1, 0.15) is 80.7 Å². The maximum absolute atomic E-state index is 13.9. The summed E-state index contributed by atoms with van der Waals surface area (Å²) in [7, 11) is 1.76. The van der Waals surface area contributed by atoms with E-state index in [4.69, 9.17) is 4.74 Å². The molecule has 7 rings (SSSR count). The smallest absolute Gasteiger partial charge is 0.379 e. The van der Waals surface area contributed by atoms with Gasteiger partial charge in [-0.3, -0.25) is 24.3 Å². The first kappa shape index (κ1) is 39.9. The molecule has 57 heavy (non-hydrogen) atoms. The van der Waals surface area contributed by atoms with Gasteiger partial charge in [-0.15, -0.1) is 0 Å². The third-order valence-electron chi connectivity index (χ3n) is 11.4. The lowest BCUT2D eigenvalue weighted by atomic mass is 9.78. The number of morpholine rings is 1. The van der Waals surface area contributed by atoms with E-state index in [1.54, 1.807) is 48.3 Å². The van der Waals surface area contributed by atoms with Gasteiger partial charge >= 0.3 is 6.18 Å². The van der Waals surface area contributed by atoms with Crippen molar-refractivity contribution in [2.45, 2.75) is 57.3 Å². The maximum atomic E-state index is 13.9. The average Bonchev–Trinajstić information content (AvgIpc) is 3.24. The molecule has 0 radical (unpaired) electrons. The van der Waals surface area contributed by atoms with Gasteiger partial charge in [0.05, 0.1) is 30.2 Å². The molecule has 2 atom stereocenters. The van der Waals surface area contributed by atoms with Gasteiger partial charge in [0.25, 0.3) is 17.7 Å². The summed E-state index contributed by atoms with van der Waals surface area (Å²) < 4.78 is 45.3. The maximum Gasteiger partial charge on any atom is 0.416 e. The molecule has 3 aromatic carbocycles. The Hall–Kier alpha value is -5.27. The number of pyridine rings is 1. The Morgan fingerprint density at radius 2 is 1.60 bits per heavy atom. The molecule has 3 heterocycles. The number of fused-ring (bicyclic) bond motifs is 1. The molecule has 0 bridgehead atoms. The predicted octanol–water partition coefficient (Wildman–Crippen LogP) is 7.51. The lowest BCUT2D eigenvalue weighted by Crippen LogP contribution is -2.46. The number of piperidine rings is 1. The van der Waals surface area contributed by atoms with Crippen LogP contribution in [0.5, 0.6) is 0 Å². The number of alkyl halides is 3. The van der Waals surface area contributed by atoms with E-state index in [9.17, 15) is 27.6 Å². The normalized spacial score (nSPS) is 18.7. The topological polar surface area (TPSA) is 107 Å². The number of anilines is 2. The van der Waals surface area contributed by atoms with Crippen LogP contribution in [0.25, 0.3) is 11.3 Å². The molecule has 2 saturated heterocycles. The minimum Gasteiger partial charge on any atom is -0.379 e. The van der Waals surface area contributed by atoms with Crippen molar-refractivity contribution in [3.8, 4) is 11.3 Å². The summed E-state index contributed by atoms with van der Waals surface area (Å²) >= 11 is 0. The molecule has 3 aliphatic rings. The Bertz CT molecular complexity index is 2070. The largest absolute Gasteiger partial charge is 0.416 e. The molecule has 4 aromatic rings. The van der Waals surface area contributed by atoms with Gasteiger partial charge in [-0.1, -0.05) is 31.0 Å². The van der Waals surface area contributed by atoms with E-state index in [0.717, 1.165) is 56.8 Å². The highest BCUT2D eigenvalue weighted by Gasteiger charge is 2.34. The molecule has 0 spiro atoms. The molecule has 1 aromatic heterocycles. The fourth-order valence-corrected chi connectivity index (χ4v) is 8.26. The number of halogens is 3. The molecule has 2 aliphatic heterocycles. The lowest BCUT2D eigenvalue weighted by molar-refractivity contribution is -0.137. The molecule has 3 amide bonds. The summed E-state index contributed by atoms with van der Waals surface area (Å²) in [5.74, 6) is -0.436. The Balaban J connectivity index is 1.13. The minimum absolute atomic E-state index is 0.0973. The summed E-state index contributed by atoms with van der Waals surface area (Å²) in [6.07, 6.45) is 4.09. The zero-order chi connectivity index (χ0) is 39.9. The van der Waals surface area contributed by atoms with E-state index in [1.807, 2.05) is 18.2 Å². The lowest BCUT2D eigenvalue weighted by Gasteiger charge is -2.45. The molecule has 10 nitrogen and oxygen atoms in total. The number of benzene rings is 3. The average molecular weight is 783 g/mol. The van der Waals surface area contributed by atoms with Gasteiger partial charge in [-0.05, 0) is 97.8 Å². The Morgan fingerprint density at radius 1 is 0.842 bits per heavy atom. The number of nitrogens with zero attached hydrogens (tertiary/aromatic N) is 4. The van der Waals surface area contributed by atoms with Gasteiger partial charge in [0.2, 0.25) is 0 Å². The SMILES string of the molecule is CN(CCN1CCOCC1)C(=O)c1cccc(C(=O)Nc2ccc(N3CCC[C@H]4CCCC[C@@H]43)cc2-c2cc(C(=O)NCc3cccc(C(F)(F)F)c3)ccn2)c1. The third-order valence-corrected chi connectivity index (χ3v) is 11.4. The van der Waals surface area contributed by atoms with Crippen molar-refractivity contribution in [2.75, 3.05) is 63.2 Å². The molecule has 1 aliphatic carbocycles. The van der Waals surface area contributed by atoms with Crippen LogP contribution < -0.4 is 15.5 Å². The first-order chi connectivity index (χ1) is 27.5. The number of rotatable bonds is 11. The van der Waals surface area contributed by atoms with Crippen molar-refractivity contribution in [1.82, 2.24) is 20.1 Å².